The van der Waals surface area contributed by atoms with Crippen molar-refractivity contribution in [3.05, 3.63) is 35.9 Å². The zero-order valence-corrected chi connectivity index (χ0v) is 16.5. The molecule has 0 unspecified atom stereocenters. The Labute approximate surface area is 161 Å². The van der Waals surface area contributed by atoms with Crippen LogP contribution in [0.5, 0.6) is 5.75 Å². The number of nitrogens with zero attached hydrogens (tertiary/aromatic N) is 1. The molecular formula is C20H31N4O3+. The van der Waals surface area contributed by atoms with Gasteiger partial charge in [0.2, 0.25) is 11.8 Å². The van der Waals surface area contributed by atoms with E-state index in [1.165, 1.54) is 9.91 Å². The van der Waals surface area contributed by atoms with E-state index in [0.29, 0.717) is 6.54 Å². The van der Waals surface area contributed by atoms with E-state index in [4.69, 9.17) is 4.74 Å². The number of methoxy groups -OCH3 is 1. The number of hydrogen-bond acceptors (Lipinski definition) is 4. The van der Waals surface area contributed by atoms with Crippen molar-refractivity contribution in [3.8, 4) is 5.75 Å². The molecule has 3 N–H and O–H groups in total. The molecule has 27 heavy (non-hydrogen) atoms. The number of nitrogens with one attached hydrogen (secondary N) is 3. The van der Waals surface area contributed by atoms with Gasteiger partial charge in [0.25, 0.3) is 0 Å². The largest absolute Gasteiger partial charge is 0.497 e. The summed E-state index contributed by atoms with van der Waals surface area (Å²) in [7, 11) is 1.62. The number of hydrazine groups is 1. The molecule has 0 aliphatic carbocycles. The lowest BCUT2D eigenvalue weighted by Gasteiger charge is -2.29. The average molecular weight is 375 g/mol. The highest BCUT2D eigenvalue weighted by molar-refractivity contribution is 5.88. The standard InChI is InChI=1S/C20H30N4O3/c1-4-23(5-2)14-6-13-21-19(25)15-24-20(26)12-11-18(22-24)16-7-9-17(27-3)10-8-16/h7-11,22H,4-6,12-15H2,1-3H3,(H,21,25)/p+1. The van der Waals surface area contributed by atoms with E-state index < -0.39 is 0 Å². The normalized spacial score (nSPS) is 14.0. The lowest BCUT2D eigenvalue weighted by Crippen LogP contribution is -3.11. The first-order valence-electron chi connectivity index (χ1n) is 9.59. The van der Waals surface area contributed by atoms with Crippen molar-refractivity contribution in [1.29, 1.82) is 0 Å². The maximum atomic E-state index is 12.2. The monoisotopic (exact) mass is 375 g/mol. The molecule has 2 amide bonds. The number of benzene rings is 1. The molecule has 0 saturated carbocycles. The summed E-state index contributed by atoms with van der Waals surface area (Å²) < 4.78 is 5.16. The van der Waals surface area contributed by atoms with Gasteiger partial charge in [-0.05, 0) is 49.8 Å². The number of quaternary nitrogens is 1. The van der Waals surface area contributed by atoms with Crippen LogP contribution in [0.4, 0.5) is 0 Å². The fourth-order valence-corrected chi connectivity index (χ4v) is 3.00. The molecule has 1 aliphatic heterocycles. The van der Waals surface area contributed by atoms with Gasteiger partial charge < -0.3 is 15.0 Å². The highest BCUT2D eigenvalue weighted by Crippen LogP contribution is 2.20. The summed E-state index contributed by atoms with van der Waals surface area (Å²) in [6.07, 6.45) is 3.04. The van der Waals surface area contributed by atoms with E-state index in [-0.39, 0.29) is 24.8 Å². The molecule has 0 atom stereocenters. The van der Waals surface area contributed by atoms with Gasteiger partial charge in [0.15, 0.2) is 0 Å². The van der Waals surface area contributed by atoms with Gasteiger partial charge in [-0.25, -0.2) is 5.01 Å². The SMILES string of the molecule is CC[NH+](CC)CCCNC(=O)CN1NC(c2ccc(OC)cc2)=CCC1=O. The molecule has 0 aromatic heterocycles. The van der Waals surface area contributed by atoms with Crippen molar-refractivity contribution in [1.82, 2.24) is 15.8 Å². The van der Waals surface area contributed by atoms with Crippen molar-refractivity contribution >= 4 is 17.5 Å². The third-order valence-corrected chi connectivity index (χ3v) is 4.77. The molecule has 7 nitrogen and oxygen atoms in total. The minimum absolute atomic E-state index is 0.00442. The van der Waals surface area contributed by atoms with E-state index in [2.05, 4.69) is 24.6 Å². The van der Waals surface area contributed by atoms with Crippen LogP contribution >= 0.6 is 0 Å². The van der Waals surface area contributed by atoms with E-state index in [9.17, 15) is 9.59 Å². The Balaban J connectivity index is 1.82. The van der Waals surface area contributed by atoms with Gasteiger partial charge in [0.05, 0.1) is 32.4 Å². The van der Waals surface area contributed by atoms with E-state index in [0.717, 1.165) is 43.1 Å². The second kappa shape index (κ2) is 10.6. The number of rotatable bonds is 10. The first-order chi connectivity index (χ1) is 13.1. The fraction of sp³-hybridized carbons (Fsp3) is 0.500. The van der Waals surface area contributed by atoms with Crippen LogP contribution < -0.4 is 20.4 Å². The zero-order chi connectivity index (χ0) is 19.6. The van der Waals surface area contributed by atoms with Crippen molar-refractivity contribution in [2.75, 3.05) is 39.8 Å². The van der Waals surface area contributed by atoms with Gasteiger partial charge in [-0.3, -0.25) is 15.0 Å². The lowest BCUT2D eigenvalue weighted by molar-refractivity contribution is -0.896. The van der Waals surface area contributed by atoms with Crippen molar-refractivity contribution in [2.45, 2.75) is 26.7 Å². The van der Waals surface area contributed by atoms with E-state index in [1.807, 2.05) is 30.3 Å². The smallest absolute Gasteiger partial charge is 0.245 e. The van der Waals surface area contributed by atoms with Gasteiger partial charge in [0, 0.05) is 19.4 Å². The molecule has 0 bridgehead atoms. The quantitative estimate of drug-likeness (QED) is 0.511. The van der Waals surface area contributed by atoms with E-state index >= 15 is 0 Å². The van der Waals surface area contributed by atoms with Crippen LogP contribution in [-0.4, -0.2) is 56.7 Å². The molecule has 0 saturated heterocycles. The third-order valence-electron chi connectivity index (χ3n) is 4.77. The van der Waals surface area contributed by atoms with Crippen LogP contribution in [0.2, 0.25) is 0 Å². The molecule has 0 radical (unpaired) electrons. The second-order valence-electron chi connectivity index (χ2n) is 6.55. The molecular weight excluding hydrogens is 344 g/mol. The van der Waals surface area contributed by atoms with Gasteiger partial charge in [0.1, 0.15) is 12.3 Å². The molecule has 148 valence electrons. The zero-order valence-electron chi connectivity index (χ0n) is 16.5. The van der Waals surface area contributed by atoms with Crippen molar-refractivity contribution in [2.24, 2.45) is 0 Å². The van der Waals surface area contributed by atoms with Crippen LogP contribution in [0.1, 0.15) is 32.3 Å². The number of hydrogen-bond donors (Lipinski definition) is 3. The summed E-state index contributed by atoms with van der Waals surface area (Å²) in [5.74, 6) is 0.505. The molecule has 1 aromatic carbocycles. The van der Waals surface area contributed by atoms with Crippen molar-refractivity contribution in [3.63, 3.8) is 0 Å². The Kier molecular flexibility index (Phi) is 8.13. The van der Waals surface area contributed by atoms with Crippen LogP contribution in [0.15, 0.2) is 30.3 Å². The molecule has 0 spiro atoms. The minimum Gasteiger partial charge on any atom is -0.497 e. The molecule has 1 aromatic rings. The summed E-state index contributed by atoms with van der Waals surface area (Å²) in [5, 5.41) is 4.28. The second-order valence-corrected chi connectivity index (χ2v) is 6.55. The Hall–Kier alpha value is -2.54. The predicted molar refractivity (Wildman–Crippen MR) is 105 cm³/mol. The summed E-state index contributed by atoms with van der Waals surface area (Å²) in [6.45, 7) is 8.20. The summed E-state index contributed by atoms with van der Waals surface area (Å²) in [6, 6.07) is 7.56. The molecule has 0 fully saturated rings. The minimum atomic E-state index is -0.152. The topological polar surface area (TPSA) is 75.1 Å². The molecule has 2 rings (SSSR count). The highest BCUT2D eigenvalue weighted by atomic mass is 16.5. The Morgan fingerprint density at radius 2 is 1.96 bits per heavy atom. The maximum absolute atomic E-state index is 12.2. The summed E-state index contributed by atoms with van der Waals surface area (Å²) in [4.78, 5) is 25.8. The first kappa shape index (κ1) is 20.8. The lowest BCUT2D eigenvalue weighted by atomic mass is 10.1. The molecule has 1 heterocycles. The number of carbonyl (C=O) groups excluding carboxylic acids is 2. The summed E-state index contributed by atoms with van der Waals surface area (Å²) >= 11 is 0. The van der Waals surface area contributed by atoms with Gasteiger partial charge >= 0.3 is 0 Å². The first-order valence-corrected chi connectivity index (χ1v) is 9.59. The Bertz CT molecular complexity index is 654. The van der Waals surface area contributed by atoms with Crippen LogP contribution in [0, 0.1) is 0 Å². The van der Waals surface area contributed by atoms with Crippen LogP contribution in [0.3, 0.4) is 0 Å². The molecule has 7 heteroatoms. The highest BCUT2D eigenvalue weighted by Gasteiger charge is 2.22. The van der Waals surface area contributed by atoms with E-state index in [1.54, 1.807) is 7.11 Å². The molecule has 1 aliphatic rings. The number of carbonyl (C=O) groups is 2. The van der Waals surface area contributed by atoms with Gasteiger partial charge in [-0.1, -0.05) is 0 Å². The van der Waals surface area contributed by atoms with Crippen LogP contribution in [0.25, 0.3) is 5.70 Å². The average Bonchev–Trinajstić information content (AvgIpc) is 2.70. The Morgan fingerprint density at radius 3 is 2.59 bits per heavy atom. The van der Waals surface area contributed by atoms with Crippen LogP contribution in [-0.2, 0) is 9.59 Å². The predicted octanol–water partition coefficient (Wildman–Crippen LogP) is 0.204. The fourth-order valence-electron chi connectivity index (χ4n) is 3.00. The van der Waals surface area contributed by atoms with Crippen molar-refractivity contribution < 1.29 is 19.2 Å². The third kappa shape index (κ3) is 6.29. The number of ether oxygens (including phenoxy) is 1. The maximum Gasteiger partial charge on any atom is 0.245 e. The number of amides is 2. The summed E-state index contributed by atoms with van der Waals surface area (Å²) in [5.41, 5.74) is 4.81. The van der Waals surface area contributed by atoms with Gasteiger partial charge in [-0.2, -0.15) is 0 Å². The van der Waals surface area contributed by atoms with Gasteiger partial charge in [-0.15, -0.1) is 0 Å². The Morgan fingerprint density at radius 1 is 1.26 bits per heavy atom.